The Balaban J connectivity index is 1.85. The lowest BCUT2D eigenvalue weighted by Crippen LogP contribution is -2.31. The van der Waals surface area contributed by atoms with Crippen molar-refractivity contribution < 1.29 is 13.9 Å². The first-order chi connectivity index (χ1) is 10.6. The van der Waals surface area contributed by atoms with Crippen molar-refractivity contribution in [2.75, 3.05) is 6.61 Å². The minimum absolute atomic E-state index is 0.147. The predicted molar refractivity (Wildman–Crippen MR) is 79.6 cm³/mol. The Morgan fingerprint density at radius 3 is 2.45 bits per heavy atom. The van der Waals surface area contributed by atoms with Crippen molar-refractivity contribution in [3.05, 3.63) is 65.5 Å². The van der Waals surface area contributed by atoms with E-state index in [0.29, 0.717) is 11.3 Å². The molecule has 0 aliphatic rings. The fraction of sp³-hybridized carbons (Fsp3) is 0.176. The number of hydrogen-bond acceptors (Lipinski definition) is 3. The Hall–Kier alpha value is -2.87. The standard InChI is InChI=1S/C17H15FN2O2/c1-12(14-4-2-13(10-19)3-5-14)20-17(21)11-22-16-8-6-15(18)7-9-16/h2-9,12H,11H2,1H3,(H,20,21). The Kier molecular flexibility index (Phi) is 5.10. The van der Waals surface area contributed by atoms with Crippen LogP contribution in [0, 0.1) is 17.1 Å². The molecule has 4 nitrogen and oxygen atoms in total. The number of nitrogens with one attached hydrogen (secondary N) is 1. The fourth-order valence-corrected chi connectivity index (χ4v) is 1.89. The molecular weight excluding hydrogens is 283 g/mol. The van der Waals surface area contributed by atoms with E-state index in [2.05, 4.69) is 5.32 Å². The molecule has 0 aromatic heterocycles. The molecule has 1 amide bonds. The summed E-state index contributed by atoms with van der Waals surface area (Å²) >= 11 is 0. The van der Waals surface area contributed by atoms with Gasteiger partial charge < -0.3 is 10.1 Å². The molecule has 1 unspecified atom stereocenters. The van der Waals surface area contributed by atoms with Crippen LogP contribution in [0.5, 0.6) is 5.75 Å². The molecule has 0 bridgehead atoms. The zero-order chi connectivity index (χ0) is 15.9. The van der Waals surface area contributed by atoms with Gasteiger partial charge in [-0.3, -0.25) is 4.79 Å². The third-order valence-electron chi connectivity index (χ3n) is 3.10. The van der Waals surface area contributed by atoms with E-state index >= 15 is 0 Å². The molecule has 5 heteroatoms. The van der Waals surface area contributed by atoms with Crippen LogP contribution in [0.1, 0.15) is 24.1 Å². The van der Waals surface area contributed by atoms with E-state index in [0.717, 1.165) is 5.56 Å². The van der Waals surface area contributed by atoms with Crippen molar-refractivity contribution in [3.8, 4) is 11.8 Å². The van der Waals surface area contributed by atoms with Gasteiger partial charge >= 0.3 is 0 Å². The van der Waals surface area contributed by atoms with E-state index in [1.54, 1.807) is 24.3 Å². The van der Waals surface area contributed by atoms with Crippen molar-refractivity contribution in [2.45, 2.75) is 13.0 Å². The number of halogens is 1. The van der Waals surface area contributed by atoms with Gasteiger partial charge in [-0.25, -0.2) is 4.39 Å². The summed E-state index contributed by atoms with van der Waals surface area (Å²) in [6.45, 7) is 1.70. The molecule has 112 valence electrons. The molecular formula is C17H15FN2O2. The van der Waals surface area contributed by atoms with Crippen molar-refractivity contribution in [1.82, 2.24) is 5.32 Å². The minimum atomic E-state index is -0.355. The number of rotatable bonds is 5. The molecule has 0 radical (unpaired) electrons. The maximum Gasteiger partial charge on any atom is 0.258 e. The summed E-state index contributed by atoms with van der Waals surface area (Å²) < 4.78 is 18.0. The van der Waals surface area contributed by atoms with Gasteiger partial charge in [0.1, 0.15) is 11.6 Å². The summed E-state index contributed by atoms with van der Waals surface area (Å²) in [5.74, 6) is -0.199. The molecule has 2 rings (SSSR count). The lowest BCUT2D eigenvalue weighted by Gasteiger charge is -2.14. The second-order valence-corrected chi connectivity index (χ2v) is 4.77. The van der Waals surface area contributed by atoms with Crippen LogP contribution >= 0.6 is 0 Å². The lowest BCUT2D eigenvalue weighted by atomic mass is 10.1. The van der Waals surface area contributed by atoms with Crippen LogP contribution < -0.4 is 10.1 Å². The summed E-state index contributed by atoms with van der Waals surface area (Å²) in [5.41, 5.74) is 1.47. The van der Waals surface area contributed by atoms with Gasteiger partial charge in [0, 0.05) is 0 Å². The third kappa shape index (κ3) is 4.32. The molecule has 1 N–H and O–H groups in total. The van der Waals surface area contributed by atoms with Gasteiger partial charge in [0.05, 0.1) is 17.7 Å². The van der Waals surface area contributed by atoms with Crippen LogP contribution in [0.15, 0.2) is 48.5 Å². The predicted octanol–water partition coefficient (Wildman–Crippen LogP) is 2.95. The minimum Gasteiger partial charge on any atom is -0.484 e. The monoisotopic (exact) mass is 298 g/mol. The van der Waals surface area contributed by atoms with Crippen molar-refractivity contribution in [1.29, 1.82) is 5.26 Å². The molecule has 0 aliphatic heterocycles. The highest BCUT2D eigenvalue weighted by Crippen LogP contribution is 2.14. The number of carbonyl (C=O) groups excluding carboxylic acids is 1. The highest BCUT2D eigenvalue weighted by atomic mass is 19.1. The molecule has 0 aliphatic carbocycles. The summed E-state index contributed by atoms with van der Waals surface area (Å²) in [4.78, 5) is 11.8. The Bertz CT molecular complexity index is 675. The maximum absolute atomic E-state index is 12.7. The highest BCUT2D eigenvalue weighted by Gasteiger charge is 2.10. The van der Waals surface area contributed by atoms with Crippen LogP contribution in [0.25, 0.3) is 0 Å². The average molecular weight is 298 g/mol. The quantitative estimate of drug-likeness (QED) is 0.923. The summed E-state index contributed by atoms with van der Waals surface area (Å²) in [6, 6.07) is 14.3. The van der Waals surface area contributed by atoms with Gasteiger partial charge in [-0.2, -0.15) is 5.26 Å². The molecule has 0 saturated carbocycles. The molecule has 0 saturated heterocycles. The van der Waals surface area contributed by atoms with Crippen LogP contribution in [0.4, 0.5) is 4.39 Å². The van der Waals surface area contributed by atoms with Crippen molar-refractivity contribution in [3.63, 3.8) is 0 Å². The van der Waals surface area contributed by atoms with E-state index < -0.39 is 0 Å². The van der Waals surface area contributed by atoms with E-state index in [9.17, 15) is 9.18 Å². The zero-order valence-corrected chi connectivity index (χ0v) is 12.0. The second-order valence-electron chi connectivity index (χ2n) is 4.77. The van der Waals surface area contributed by atoms with Crippen LogP contribution in [-0.2, 0) is 4.79 Å². The molecule has 2 aromatic carbocycles. The van der Waals surface area contributed by atoms with Crippen LogP contribution in [-0.4, -0.2) is 12.5 Å². The van der Waals surface area contributed by atoms with E-state index in [4.69, 9.17) is 10.00 Å². The van der Waals surface area contributed by atoms with Gasteiger partial charge in [0.2, 0.25) is 0 Å². The summed E-state index contributed by atoms with van der Waals surface area (Å²) in [7, 11) is 0. The van der Waals surface area contributed by atoms with Gasteiger partial charge in [-0.15, -0.1) is 0 Å². The number of nitrogens with zero attached hydrogens (tertiary/aromatic N) is 1. The number of amides is 1. The maximum atomic E-state index is 12.7. The van der Waals surface area contributed by atoms with Gasteiger partial charge in [0.15, 0.2) is 6.61 Å². The Labute approximate surface area is 128 Å². The Morgan fingerprint density at radius 2 is 1.86 bits per heavy atom. The van der Waals surface area contributed by atoms with E-state index in [1.807, 2.05) is 13.0 Å². The van der Waals surface area contributed by atoms with E-state index in [1.165, 1.54) is 24.3 Å². The average Bonchev–Trinajstić information content (AvgIpc) is 2.54. The summed E-state index contributed by atoms with van der Waals surface area (Å²) in [5, 5.41) is 11.5. The van der Waals surface area contributed by atoms with Gasteiger partial charge in [0.25, 0.3) is 5.91 Å². The van der Waals surface area contributed by atoms with Crippen LogP contribution in [0.2, 0.25) is 0 Å². The topological polar surface area (TPSA) is 62.1 Å². The van der Waals surface area contributed by atoms with Gasteiger partial charge in [-0.1, -0.05) is 12.1 Å². The first kappa shape index (κ1) is 15.5. The first-order valence-electron chi connectivity index (χ1n) is 6.76. The molecule has 0 spiro atoms. The second kappa shape index (κ2) is 7.23. The first-order valence-corrected chi connectivity index (χ1v) is 6.76. The van der Waals surface area contributed by atoms with Crippen LogP contribution in [0.3, 0.4) is 0 Å². The summed E-state index contributed by atoms with van der Waals surface area (Å²) in [6.07, 6.45) is 0. The number of benzene rings is 2. The zero-order valence-electron chi connectivity index (χ0n) is 12.0. The van der Waals surface area contributed by atoms with Crippen molar-refractivity contribution >= 4 is 5.91 Å². The number of ether oxygens (including phenoxy) is 1. The lowest BCUT2D eigenvalue weighted by molar-refractivity contribution is -0.123. The van der Waals surface area contributed by atoms with E-state index in [-0.39, 0.29) is 24.4 Å². The molecule has 0 heterocycles. The Morgan fingerprint density at radius 1 is 1.23 bits per heavy atom. The van der Waals surface area contributed by atoms with Gasteiger partial charge in [-0.05, 0) is 48.9 Å². The molecule has 2 aromatic rings. The normalized spacial score (nSPS) is 11.3. The number of carbonyl (C=O) groups is 1. The SMILES string of the molecule is CC(NC(=O)COc1ccc(F)cc1)c1ccc(C#N)cc1. The molecule has 1 atom stereocenters. The van der Waals surface area contributed by atoms with Crippen molar-refractivity contribution in [2.24, 2.45) is 0 Å². The smallest absolute Gasteiger partial charge is 0.258 e. The highest BCUT2D eigenvalue weighted by molar-refractivity contribution is 5.78. The number of nitriles is 1. The molecule has 22 heavy (non-hydrogen) atoms. The number of hydrogen-bond donors (Lipinski definition) is 1. The largest absolute Gasteiger partial charge is 0.484 e. The third-order valence-corrected chi connectivity index (χ3v) is 3.10. The fourth-order valence-electron chi connectivity index (χ4n) is 1.89. The molecule has 0 fully saturated rings.